The van der Waals surface area contributed by atoms with Gasteiger partial charge in [-0.15, -0.1) is 0 Å². The number of hydrogen-bond acceptors (Lipinski definition) is 2. The van der Waals surface area contributed by atoms with Gasteiger partial charge in [-0.1, -0.05) is 35.4 Å². The van der Waals surface area contributed by atoms with Gasteiger partial charge in [0.05, 0.1) is 18.9 Å². The second-order valence-corrected chi connectivity index (χ2v) is 5.08. The van der Waals surface area contributed by atoms with Crippen molar-refractivity contribution in [2.24, 2.45) is 4.99 Å². The number of nitrogens with one attached hydrogen (secondary N) is 1. The number of fused-ring (bicyclic) bond motifs is 1. The summed E-state index contributed by atoms with van der Waals surface area (Å²) in [5, 5.41) is 4.15. The van der Waals surface area contributed by atoms with E-state index in [-0.39, 0.29) is 0 Å². The molecule has 1 aliphatic carbocycles. The number of halogens is 1. The molecule has 1 aliphatic heterocycles. The summed E-state index contributed by atoms with van der Waals surface area (Å²) in [7, 11) is 0. The fraction of sp³-hybridized carbons (Fsp3) is 0.357. The summed E-state index contributed by atoms with van der Waals surface area (Å²) in [5.41, 5.74) is 4.07. The van der Waals surface area contributed by atoms with Crippen LogP contribution in [-0.2, 0) is 6.42 Å². The van der Waals surface area contributed by atoms with Crippen LogP contribution in [0.15, 0.2) is 28.8 Å². The van der Waals surface area contributed by atoms with E-state index in [0.717, 1.165) is 30.8 Å². The molecule has 0 aromatic heterocycles. The first-order valence-corrected chi connectivity index (χ1v) is 6.42. The zero-order valence-corrected chi connectivity index (χ0v) is 10.4. The molecule has 0 saturated carbocycles. The van der Waals surface area contributed by atoms with Crippen molar-refractivity contribution in [3.05, 3.63) is 39.9 Å². The van der Waals surface area contributed by atoms with E-state index < -0.39 is 0 Å². The lowest BCUT2D eigenvalue weighted by molar-refractivity contribution is 0.636. The van der Waals surface area contributed by atoms with Crippen molar-refractivity contribution in [2.75, 3.05) is 6.54 Å². The van der Waals surface area contributed by atoms with Crippen molar-refractivity contribution in [2.45, 2.75) is 25.3 Å². The van der Waals surface area contributed by atoms with Crippen molar-refractivity contribution in [3.8, 4) is 0 Å². The van der Waals surface area contributed by atoms with E-state index in [2.05, 4.69) is 22.5 Å². The van der Waals surface area contributed by atoms with Gasteiger partial charge >= 0.3 is 0 Å². The molecule has 1 N–H and O–H groups in total. The van der Waals surface area contributed by atoms with Gasteiger partial charge in [-0.05, 0) is 36.5 Å². The van der Waals surface area contributed by atoms with Gasteiger partial charge in [-0.2, -0.15) is 0 Å². The van der Waals surface area contributed by atoms with Crippen LogP contribution in [0.5, 0.6) is 0 Å². The first-order valence-electron chi connectivity index (χ1n) is 6.04. The molecule has 17 heavy (non-hydrogen) atoms. The summed E-state index contributed by atoms with van der Waals surface area (Å²) < 4.78 is 0. The van der Waals surface area contributed by atoms with Crippen molar-refractivity contribution >= 4 is 24.0 Å². The zero-order valence-electron chi connectivity index (χ0n) is 9.62. The fourth-order valence-corrected chi connectivity index (χ4v) is 2.77. The highest BCUT2D eigenvalue weighted by atomic mass is 35.5. The topological polar surface area (TPSA) is 24.4 Å². The van der Waals surface area contributed by atoms with Crippen LogP contribution in [-0.4, -0.2) is 18.9 Å². The predicted molar refractivity (Wildman–Crippen MR) is 72.6 cm³/mol. The Bertz CT molecular complexity index is 483. The lowest BCUT2D eigenvalue weighted by atomic mass is 9.89. The molecule has 0 saturated heterocycles. The first kappa shape index (κ1) is 10.8. The normalized spacial score (nSPS) is 21.9. The van der Waals surface area contributed by atoms with Crippen LogP contribution < -0.4 is 5.32 Å². The first-order chi connectivity index (χ1) is 8.33. The third kappa shape index (κ3) is 2.22. The number of rotatable bonds is 2. The molecule has 3 heteroatoms. The Hall–Kier alpha value is -1.28. The SMILES string of the molecule is Clc1cccc2c1C=C(C[C@@H]1CN=CN1)CC2. The minimum Gasteiger partial charge on any atom is -0.372 e. The standard InChI is InChI=1S/C14H15ClN2/c15-14-3-1-2-11-5-4-10(7-13(11)14)6-12-8-16-9-17-12/h1-3,7,9,12H,4-6,8H2,(H,16,17)/t12-/m1/s1. The average Bonchev–Trinajstić information content (AvgIpc) is 2.83. The second-order valence-electron chi connectivity index (χ2n) is 4.68. The van der Waals surface area contributed by atoms with Crippen LogP contribution in [0.25, 0.3) is 6.08 Å². The Morgan fingerprint density at radius 1 is 1.35 bits per heavy atom. The van der Waals surface area contributed by atoms with Crippen LogP contribution in [0.2, 0.25) is 5.02 Å². The predicted octanol–water partition coefficient (Wildman–Crippen LogP) is 3.06. The Balaban J connectivity index is 1.81. The second kappa shape index (κ2) is 4.53. The highest BCUT2D eigenvalue weighted by Crippen LogP contribution is 2.31. The maximum Gasteiger partial charge on any atom is 0.0827 e. The van der Waals surface area contributed by atoms with Gasteiger partial charge in [0.15, 0.2) is 0 Å². The molecule has 88 valence electrons. The van der Waals surface area contributed by atoms with Gasteiger partial charge in [0.2, 0.25) is 0 Å². The zero-order chi connectivity index (χ0) is 11.7. The molecule has 0 unspecified atom stereocenters. The van der Waals surface area contributed by atoms with E-state index in [0.29, 0.717) is 6.04 Å². The van der Waals surface area contributed by atoms with Gasteiger partial charge < -0.3 is 5.32 Å². The number of aryl methyl sites for hydroxylation is 1. The lowest BCUT2D eigenvalue weighted by Gasteiger charge is -2.19. The van der Waals surface area contributed by atoms with Gasteiger partial charge in [0.1, 0.15) is 0 Å². The maximum absolute atomic E-state index is 6.24. The summed E-state index contributed by atoms with van der Waals surface area (Å²) >= 11 is 6.24. The van der Waals surface area contributed by atoms with Gasteiger partial charge in [0, 0.05) is 5.02 Å². The minimum absolute atomic E-state index is 0.477. The van der Waals surface area contributed by atoms with Crippen molar-refractivity contribution in [3.63, 3.8) is 0 Å². The molecule has 0 bridgehead atoms. The molecule has 1 aromatic rings. The molecule has 1 aromatic carbocycles. The number of nitrogens with zero attached hydrogens (tertiary/aromatic N) is 1. The van der Waals surface area contributed by atoms with Crippen LogP contribution in [0.1, 0.15) is 24.0 Å². The van der Waals surface area contributed by atoms with Crippen molar-refractivity contribution < 1.29 is 0 Å². The summed E-state index contributed by atoms with van der Waals surface area (Å²) in [6.07, 6.45) is 7.40. The third-order valence-electron chi connectivity index (χ3n) is 3.44. The van der Waals surface area contributed by atoms with E-state index in [9.17, 15) is 0 Å². The largest absolute Gasteiger partial charge is 0.372 e. The van der Waals surface area contributed by atoms with Gasteiger partial charge in [-0.25, -0.2) is 0 Å². The van der Waals surface area contributed by atoms with E-state index in [1.807, 2.05) is 18.5 Å². The average molecular weight is 247 g/mol. The van der Waals surface area contributed by atoms with Crippen molar-refractivity contribution in [1.82, 2.24) is 5.32 Å². The number of benzene rings is 1. The highest BCUT2D eigenvalue weighted by Gasteiger charge is 2.17. The van der Waals surface area contributed by atoms with E-state index in [1.165, 1.54) is 16.7 Å². The molecule has 1 heterocycles. The molecule has 2 aliphatic rings. The summed E-state index contributed by atoms with van der Waals surface area (Å²) in [4.78, 5) is 4.20. The molecule has 0 spiro atoms. The Labute approximate surface area is 106 Å². The third-order valence-corrected chi connectivity index (χ3v) is 3.77. The Morgan fingerprint density at radius 2 is 2.29 bits per heavy atom. The smallest absolute Gasteiger partial charge is 0.0827 e. The molecule has 0 radical (unpaired) electrons. The van der Waals surface area contributed by atoms with Crippen LogP contribution in [0, 0.1) is 0 Å². The van der Waals surface area contributed by atoms with E-state index in [4.69, 9.17) is 11.6 Å². The molecule has 0 fully saturated rings. The van der Waals surface area contributed by atoms with Crippen LogP contribution in [0.4, 0.5) is 0 Å². The van der Waals surface area contributed by atoms with Crippen LogP contribution in [0.3, 0.4) is 0 Å². The Morgan fingerprint density at radius 3 is 3.12 bits per heavy atom. The fourth-order valence-electron chi connectivity index (χ4n) is 2.52. The van der Waals surface area contributed by atoms with Gasteiger partial charge in [0.25, 0.3) is 0 Å². The van der Waals surface area contributed by atoms with Crippen molar-refractivity contribution in [1.29, 1.82) is 0 Å². The molecule has 0 amide bonds. The lowest BCUT2D eigenvalue weighted by Crippen LogP contribution is -2.25. The summed E-state index contributed by atoms with van der Waals surface area (Å²) in [5.74, 6) is 0. The van der Waals surface area contributed by atoms with E-state index >= 15 is 0 Å². The molecule has 2 nitrogen and oxygen atoms in total. The van der Waals surface area contributed by atoms with Crippen LogP contribution >= 0.6 is 11.6 Å². The summed E-state index contributed by atoms with van der Waals surface area (Å²) in [6, 6.07) is 6.65. The quantitative estimate of drug-likeness (QED) is 0.852. The number of hydrogen-bond donors (Lipinski definition) is 1. The molecular formula is C14H15ClN2. The maximum atomic E-state index is 6.24. The molecular weight excluding hydrogens is 232 g/mol. The summed E-state index contributed by atoms with van der Waals surface area (Å²) in [6.45, 7) is 0.896. The Kier molecular flexibility index (Phi) is 2.89. The monoisotopic (exact) mass is 246 g/mol. The highest BCUT2D eigenvalue weighted by molar-refractivity contribution is 6.32. The number of aliphatic imine (C=N–C) groups is 1. The molecule has 1 atom stereocenters. The minimum atomic E-state index is 0.477. The van der Waals surface area contributed by atoms with E-state index in [1.54, 1.807) is 0 Å². The molecule has 3 rings (SSSR count). The van der Waals surface area contributed by atoms with Gasteiger partial charge in [-0.3, -0.25) is 4.99 Å².